The van der Waals surface area contributed by atoms with Crippen LogP contribution >= 0.6 is 22.9 Å². The van der Waals surface area contributed by atoms with Crippen LogP contribution < -0.4 is 5.32 Å². The normalized spacial score (nSPS) is 11.2. The highest BCUT2D eigenvalue weighted by Crippen LogP contribution is 2.29. The number of nitrogens with one attached hydrogen (secondary N) is 1. The third-order valence-electron chi connectivity index (χ3n) is 3.65. The van der Waals surface area contributed by atoms with Crippen molar-refractivity contribution in [1.82, 2.24) is 19.8 Å². The fourth-order valence-electron chi connectivity index (χ4n) is 2.40. The minimum atomic E-state index is -0.556. The number of aromatic nitrogens is 4. The Hall–Kier alpha value is -2.91. The molecule has 0 aliphatic rings. The molecule has 0 aliphatic heterocycles. The standard InChI is InChI=1S/C16H11ClFN5O2S/c17-9-2-1-3-10(14(9)18)19-15-22-23-13(20-21-16(23)26-15)7-8-4-5-11(24)12(25)6-8/h1-6,24-25H,7H2,(H,19,22). The van der Waals surface area contributed by atoms with E-state index in [2.05, 4.69) is 20.6 Å². The second-order valence-corrected chi connectivity index (χ2v) is 6.81. The monoisotopic (exact) mass is 391 g/mol. The van der Waals surface area contributed by atoms with Crippen molar-refractivity contribution in [3.8, 4) is 11.5 Å². The number of fused-ring (bicyclic) bond motifs is 1. The summed E-state index contributed by atoms with van der Waals surface area (Å²) in [6.45, 7) is 0. The van der Waals surface area contributed by atoms with Crippen molar-refractivity contribution < 1.29 is 14.6 Å². The molecule has 7 nitrogen and oxygen atoms in total. The molecule has 0 atom stereocenters. The number of hydrogen-bond acceptors (Lipinski definition) is 7. The molecule has 2 heterocycles. The van der Waals surface area contributed by atoms with Crippen LogP contribution in [0.25, 0.3) is 4.96 Å². The topological polar surface area (TPSA) is 95.6 Å². The summed E-state index contributed by atoms with van der Waals surface area (Å²) in [7, 11) is 0. The van der Waals surface area contributed by atoms with Crippen molar-refractivity contribution in [3.63, 3.8) is 0 Å². The molecule has 4 aromatic rings. The number of halogens is 2. The zero-order valence-corrected chi connectivity index (χ0v) is 14.6. The Balaban J connectivity index is 1.62. The highest BCUT2D eigenvalue weighted by atomic mass is 35.5. The maximum absolute atomic E-state index is 14.0. The Morgan fingerprint density at radius 2 is 2.00 bits per heavy atom. The Morgan fingerprint density at radius 3 is 2.81 bits per heavy atom. The second kappa shape index (κ2) is 6.43. The van der Waals surface area contributed by atoms with E-state index < -0.39 is 5.82 Å². The van der Waals surface area contributed by atoms with E-state index in [4.69, 9.17) is 11.6 Å². The van der Waals surface area contributed by atoms with E-state index in [0.717, 1.165) is 5.56 Å². The molecular weight excluding hydrogens is 381 g/mol. The molecule has 0 fully saturated rings. The summed E-state index contributed by atoms with van der Waals surface area (Å²) in [5.41, 5.74) is 0.950. The van der Waals surface area contributed by atoms with E-state index in [1.54, 1.807) is 22.7 Å². The van der Waals surface area contributed by atoms with Crippen LogP contribution in [0.4, 0.5) is 15.2 Å². The van der Waals surface area contributed by atoms with Gasteiger partial charge in [0.25, 0.3) is 0 Å². The van der Waals surface area contributed by atoms with Gasteiger partial charge in [-0.3, -0.25) is 0 Å². The molecule has 0 amide bonds. The number of anilines is 2. The first-order valence-corrected chi connectivity index (χ1v) is 8.64. The van der Waals surface area contributed by atoms with Crippen LogP contribution in [-0.4, -0.2) is 30.0 Å². The van der Waals surface area contributed by atoms with Crippen molar-refractivity contribution in [1.29, 1.82) is 0 Å². The number of phenols is 2. The molecule has 0 saturated carbocycles. The lowest BCUT2D eigenvalue weighted by atomic mass is 10.1. The number of phenolic OH excluding ortho intramolecular Hbond substituents is 2. The molecular formula is C16H11ClFN5O2S. The lowest BCUT2D eigenvalue weighted by molar-refractivity contribution is 0.403. The summed E-state index contributed by atoms with van der Waals surface area (Å²) in [4.78, 5) is 0.535. The Labute approximate surface area is 155 Å². The number of hydrogen-bond donors (Lipinski definition) is 3. The summed E-state index contributed by atoms with van der Waals surface area (Å²) in [5, 5.41) is 34.8. The van der Waals surface area contributed by atoms with E-state index in [-0.39, 0.29) is 22.2 Å². The van der Waals surface area contributed by atoms with Crippen molar-refractivity contribution in [2.24, 2.45) is 0 Å². The van der Waals surface area contributed by atoms with Crippen LogP contribution in [0.15, 0.2) is 36.4 Å². The Bertz CT molecular complexity index is 1110. The van der Waals surface area contributed by atoms with Crippen LogP contribution in [0.1, 0.15) is 11.4 Å². The van der Waals surface area contributed by atoms with Crippen molar-refractivity contribution >= 4 is 38.7 Å². The zero-order valence-electron chi connectivity index (χ0n) is 13.0. The molecule has 0 aliphatic carbocycles. The highest BCUT2D eigenvalue weighted by molar-refractivity contribution is 7.20. The Kier molecular flexibility index (Phi) is 4.09. The van der Waals surface area contributed by atoms with E-state index in [1.807, 2.05) is 0 Å². The maximum atomic E-state index is 14.0. The second-order valence-electron chi connectivity index (χ2n) is 5.44. The summed E-state index contributed by atoms with van der Waals surface area (Å²) in [5.74, 6) is -0.412. The first-order chi connectivity index (χ1) is 12.5. The quantitative estimate of drug-likeness (QED) is 0.459. The average Bonchev–Trinajstić information content (AvgIpc) is 3.17. The minimum Gasteiger partial charge on any atom is -0.504 e. The molecule has 3 N–H and O–H groups in total. The van der Waals surface area contributed by atoms with Crippen molar-refractivity contribution in [2.45, 2.75) is 6.42 Å². The van der Waals surface area contributed by atoms with Gasteiger partial charge in [-0.15, -0.1) is 15.3 Å². The van der Waals surface area contributed by atoms with E-state index >= 15 is 0 Å². The molecule has 0 spiro atoms. The largest absolute Gasteiger partial charge is 0.504 e. The van der Waals surface area contributed by atoms with Crippen LogP contribution in [-0.2, 0) is 6.42 Å². The fraction of sp³-hybridized carbons (Fsp3) is 0.0625. The van der Waals surface area contributed by atoms with E-state index in [0.29, 0.717) is 22.3 Å². The summed E-state index contributed by atoms with van der Waals surface area (Å²) < 4.78 is 15.6. The molecule has 4 rings (SSSR count). The van der Waals surface area contributed by atoms with Gasteiger partial charge in [0.05, 0.1) is 10.7 Å². The van der Waals surface area contributed by atoms with Gasteiger partial charge in [-0.25, -0.2) is 4.39 Å². The zero-order chi connectivity index (χ0) is 18.3. The fourth-order valence-corrected chi connectivity index (χ4v) is 3.34. The lowest BCUT2D eigenvalue weighted by Gasteiger charge is -2.04. The van der Waals surface area contributed by atoms with Gasteiger partial charge in [0, 0.05) is 6.42 Å². The van der Waals surface area contributed by atoms with E-state index in [1.165, 1.54) is 29.5 Å². The molecule has 0 unspecified atom stereocenters. The first-order valence-electron chi connectivity index (χ1n) is 7.44. The molecule has 0 saturated heterocycles. The SMILES string of the molecule is Oc1ccc(Cc2nnc3sc(Nc4cccc(Cl)c4F)nn23)cc1O. The molecule has 2 aromatic carbocycles. The molecule has 26 heavy (non-hydrogen) atoms. The lowest BCUT2D eigenvalue weighted by Crippen LogP contribution is -1.99. The van der Waals surface area contributed by atoms with Crippen LogP contribution in [0.2, 0.25) is 5.02 Å². The smallest absolute Gasteiger partial charge is 0.236 e. The first kappa shape index (κ1) is 16.6. The maximum Gasteiger partial charge on any atom is 0.236 e. The van der Waals surface area contributed by atoms with Gasteiger partial charge in [0.2, 0.25) is 10.1 Å². The van der Waals surface area contributed by atoms with E-state index in [9.17, 15) is 14.6 Å². The highest BCUT2D eigenvalue weighted by Gasteiger charge is 2.15. The molecule has 132 valence electrons. The third-order valence-corrected chi connectivity index (χ3v) is 4.76. The summed E-state index contributed by atoms with van der Waals surface area (Å²) in [6, 6.07) is 9.18. The van der Waals surface area contributed by atoms with Gasteiger partial charge in [-0.1, -0.05) is 35.1 Å². The van der Waals surface area contributed by atoms with Crippen LogP contribution in [0.3, 0.4) is 0 Å². The third kappa shape index (κ3) is 3.02. The predicted molar refractivity (Wildman–Crippen MR) is 95.9 cm³/mol. The van der Waals surface area contributed by atoms with Gasteiger partial charge in [0.1, 0.15) is 0 Å². The van der Waals surface area contributed by atoms with Gasteiger partial charge in [-0.05, 0) is 29.8 Å². The van der Waals surface area contributed by atoms with Crippen molar-refractivity contribution in [3.05, 3.63) is 58.6 Å². The Morgan fingerprint density at radius 1 is 1.15 bits per heavy atom. The minimum absolute atomic E-state index is 0.0193. The van der Waals surface area contributed by atoms with Crippen LogP contribution in [0, 0.1) is 5.82 Å². The number of aromatic hydroxyl groups is 2. The molecule has 0 bridgehead atoms. The number of rotatable bonds is 4. The average molecular weight is 392 g/mol. The molecule has 0 radical (unpaired) electrons. The van der Waals surface area contributed by atoms with Crippen molar-refractivity contribution in [2.75, 3.05) is 5.32 Å². The molecule has 10 heteroatoms. The van der Waals surface area contributed by atoms with Gasteiger partial charge < -0.3 is 15.5 Å². The van der Waals surface area contributed by atoms with Gasteiger partial charge >= 0.3 is 0 Å². The number of nitrogens with zero attached hydrogens (tertiary/aromatic N) is 4. The van der Waals surface area contributed by atoms with Crippen LogP contribution in [0.5, 0.6) is 11.5 Å². The molecule has 2 aromatic heterocycles. The summed E-state index contributed by atoms with van der Waals surface area (Å²) >= 11 is 6.99. The number of benzene rings is 2. The van der Waals surface area contributed by atoms with Gasteiger partial charge in [-0.2, -0.15) is 4.52 Å². The summed E-state index contributed by atoms with van der Waals surface area (Å²) in [6.07, 6.45) is 0.351. The van der Waals surface area contributed by atoms with Gasteiger partial charge in [0.15, 0.2) is 23.1 Å². The predicted octanol–water partition coefficient (Wildman–Crippen LogP) is 3.72.